The first-order valence-corrected chi connectivity index (χ1v) is 9.07. The SMILES string of the molecule is COc1cc(Br)c(C=C(C#N)S(=O)(=O)c2ccc(C)cc2)cc1O. The summed E-state index contributed by atoms with van der Waals surface area (Å²) in [6.45, 7) is 1.84. The van der Waals surface area contributed by atoms with Crippen LogP contribution in [0.25, 0.3) is 6.08 Å². The Bertz CT molecular complexity index is 942. The molecule has 0 amide bonds. The third-order valence-corrected chi connectivity index (χ3v) is 5.68. The first-order chi connectivity index (χ1) is 11.3. The average Bonchev–Trinajstić information content (AvgIpc) is 2.55. The van der Waals surface area contributed by atoms with Crippen LogP contribution < -0.4 is 4.74 Å². The van der Waals surface area contributed by atoms with Gasteiger partial charge in [-0.25, -0.2) is 8.42 Å². The van der Waals surface area contributed by atoms with Gasteiger partial charge in [-0.3, -0.25) is 0 Å². The molecule has 0 unspecified atom stereocenters. The third-order valence-electron chi connectivity index (χ3n) is 3.32. The zero-order chi connectivity index (χ0) is 17.9. The number of ether oxygens (including phenoxy) is 1. The summed E-state index contributed by atoms with van der Waals surface area (Å²) in [4.78, 5) is -0.383. The number of nitrogens with zero attached hydrogens (tertiary/aromatic N) is 1. The average molecular weight is 408 g/mol. The van der Waals surface area contributed by atoms with Crippen molar-refractivity contribution in [1.82, 2.24) is 0 Å². The third kappa shape index (κ3) is 3.61. The lowest BCUT2D eigenvalue weighted by Gasteiger charge is -2.08. The van der Waals surface area contributed by atoms with Crippen LogP contribution in [0.1, 0.15) is 11.1 Å². The predicted molar refractivity (Wildman–Crippen MR) is 94.3 cm³/mol. The molecule has 0 aliphatic rings. The number of methoxy groups -OCH3 is 1. The van der Waals surface area contributed by atoms with Gasteiger partial charge in [0, 0.05) is 4.47 Å². The van der Waals surface area contributed by atoms with E-state index in [2.05, 4.69) is 15.9 Å². The van der Waals surface area contributed by atoms with Crippen LogP contribution >= 0.6 is 15.9 Å². The predicted octanol–water partition coefficient (Wildman–Crippen LogP) is 3.81. The summed E-state index contributed by atoms with van der Waals surface area (Å²) in [6.07, 6.45) is 1.21. The summed E-state index contributed by atoms with van der Waals surface area (Å²) in [6, 6.07) is 10.8. The molecule has 0 fully saturated rings. The fourth-order valence-corrected chi connectivity index (χ4v) is 3.58. The maximum atomic E-state index is 12.6. The van der Waals surface area contributed by atoms with Gasteiger partial charge in [0.1, 0.15) is 11.0 Å². The molecule has 1 N–H and O–H groups in total. The number of aryl methyl sites for hydroxylation is 1. The van der Waals surface area contributed by atoms with Gasteiger partial charge in [0.2, 0.25) is 9.84 Å². The topological polar surface area (TPSA) is 87.4 Å². The Balaban J connectivity index is 2.56. The number of halogens is 1. The van der Waals surface area contributed by atoms with E-state index >= 15 is 0 Å². The summed E-state index contributed by atoms with van der Waals surface area (Å²) in [5.41, 5.74) is 1.26. The molecule has 0 saturated heterocycles. The molecule has 5 nitrogen and oxygen atoms in total. The molecule has 0 radical (unpaired) electrons. The van der Waals surface area contributed by atoms with Gasteiger partial charge in [0.15, 0.2) is 11.5 Å². The van der Waals surface area contributed by atoms with Crippen LogP contribution in [0.2, 0.25) is 0 Å². The number of sulfone groups is 1. The molecule has 0 aliphatic carbocycles. The van der Waals surface area contributed by atoms with Crippen molar-refractivity contribution >= 4 is 31.8 Å². The van der Waals surface area contributed by atoms with E-state index in [0.29, 0.717) is 10.0 Å². The highest BCUT2D eigenvalue weighted by Crippen LogP contribution is 2.34. The van der Waals surface area contributed by atoms with Crippen LogP contribution in [0.3, 0.4) is 0 Å². The lowest BCUT2D eigenvalue weighted by atomic mass is 10.2. The highest BCUT2D eigenvalue weighted by molar-refractivity contribution is 9.10. The standard InChI is InChI=1S/C17H14BrNO4S/c1-11-3-5-13(6-4-11)24(21,22)14(10-19)7-12-8-16(20)17(23-2)9-15(12)18/h3-9,20H,1-2H3. The number of aromatic hydroxyl groups is 1. The van der Waals surface area contributed by atoms with E-state index in [-0.39, 0.29) is 16.4 Å². The molecule has 0 atom stereocenters. The molecular weight excluding hydrogens is 394 g/mol. The fraction of sp³-hybridized carbons (Fsp3) is 0.118. The van der Waals surface area contributed by atoms with Crippen LogP contribution in [0.4, 0.5) is 0 Å². The van der Waals surface area contributed by atoms with Crippen molar-refractivity contribution in [2.75, 3.05) is 7.11 Å². The number of nitriles is 1. The van der Waals surface area contributed by atoms with E-state index in [0.717, 1.165) is 5.56 Å². The fourth-order valence-electron chi connectivity index (χ4n) is 1.99. The summed E-state index contributed by atoms with van der Waals surface area (Å²) < 4.78 is 30.7. The molecule has 0 aromatic heterocycles. The number of hydrogen-bond acceptors (Lipinski definition) is 5. The Morgan fingerprint density at radius 3 is 2.46 bits per heavy atom. The van der Waals surface area contributed by atoms with Crippen molar-refractivity contribution in [1.29, 1.82) is 5.26 Å². The van der Waals surface area contributed by atoms with Crippen molar-refractivity contribution in [3.8, 4) is 17.6 Å². The van der Waals surface area contributed by atoms with Gasteiger partial charge in [-0.15, -0.1) is 0 Å². The summed E-state index contributed by atoms with van der Waals surface area (Å²) in [5.74, 6) is 0.0795. The van der Waals surface area contributed by atoms with Crippen molar-refractivity contribution in [2.45, 2.75) is 11.8 Å². The summed E-state index contributed by atoms with van der Waals surface area (Å²) >= 11 is 3.27. The number of hydrogen-bond donors (Lipinski definition) is 1. The van der Waals surface area contributed by atoms with E-state index in [1.165, 1.54) is 37.5 Å². The Morgan fingerprint density at radius 1 is 1.29 bits per heavy atom. The highest BCUT2D eigenvalue weighted by atomic mass is 79.9. The molecule has 7 heteroatoms. The van der Waals surface area contributed by atoms with E-state index in [4.69, 9.17) is 4.74 Å². The minimum absolute atomic E-state index is 0.0368. The first kappa shape index (κ1) is 18.0. The monoisotopic (exact) mass is 407 g/mol. The number of phenols is 1. The van der Waals surface area contributed by atoms with E-state index in [1.54, 1.807) is 18.2 Å². The van der Waals surface area contributed by atoms with Gasteiger partial charge in [0.25, 0.3) is 0 Å². The van der Waals surface area contributed by atoms with Gasteiger partial charge < -0.3 is 9.84 Å². The molecule has 2 aromatic rings. The van der Waals surface area contributed by atoms with Gasteiger partial charge >= 0.3 is 0 Å². The van der Waals surface area contributed by atoms with E-state index < -0.39 is 14.7 Å². The van der Waals surface area contributed by atoms with Gasteiger partial charge in [-0.1, -0.05) is 33.6 Å². The Kier molecular flexibility index (Phi) is 5.32. The molecular formula is C17H14BrNO4S. The maximum Gasteiger partial charge on any atom is 0.216 e. The molecule has 0 saturated carbocycles. The number of benzene rings is 2. The molecule has 0 spiro atoms. The smallest absolute Gasteiger partial charge is 0.216 e. The summed E-state index contributed by atoms with van der Waals surface area (Å²) in [7, 11) is -2.54. The lowest BCUT2D eigenvalue weighted by Crippen LogP contribution is -2.03. The first-order valence-electron chi connectivity index (χ1n) is 6.79. The summed E-state index contributed by atoms with van der Waals surface area (Å²) in [5, 5.41) is 19.1. The van der Waals surface area contributed by atoms with Crippen LogP contribution in [-0.2, 0) is 9.84 Å². The molecule has 124 valence electrons. The number of allylic oxidation sites excluding steroid dienone is 1. The molecule has 0 bridgehead atoms. The van der Waals surface area contributed by atoms with E-state index in [1.807, 2.05) is 6.92 Å². The highest BCUT2D eigenvalue weighted by Gasteiger charge is 2.21. The van der Waals surface area contributed by atoms with Gasteiger partial charge in [0.05, 0.1) is 12.0 Å². The van der Waals surface area contributed by atoms with Crippen molar-refractivity contribution in [2.24, 2.45) is 0 Å². The minimum atomic E-state index is -3.95. The Labute approximate surface area is 148 Å². The zero-order valence-electron chi connectivity index (χ0n) is 12.9. The van der Waals surface area contributed by atoms with Crippen molar-refractivity contribution < 1.29 is 18.3 Å². The van der Waals surface area contributed by atoms with Crippen LogP contribution in [0.15, 0.2) is 50.7 Å². The number of rotatable bonds is 4. The second kappa shape index (κ2) is 7.07. The largest absolute Gasteiger partial charge is 0.504 e. The van der Waals surface area contributed by atoms with Crippen LogP contribution in [0, 0.1) is 18.3 Å². The molecule has 24 heavy (non-hydrogen) atoms. The van der Waals surface area contributed by atoms with Gasteiger partial charge in [-0.2, -0.15) is 5.26 Å². The Hall–Kier alpha value is -2.30. The van der Waals surface area contributed by atoms with E-state index in [9.17, 15) is 18.8 Å². The molecule has 2 aromatic carbocycles. The molecule has 0 heterocycles. The molecule has 2 rings (SSSR count). The second-order valence-electron chi connectivity index (χ2n) is 4.98. The van der Waals surface area contributed by atoms with Crippen molar-refractivity contribution in [3.63, 3.8) is 0 Å². The quantitative estimate of drug-likeness (QED) is 0.778. The minimum Gasteiger partial charge on any atom is -0.504 e. The van der Waals surface area contributed by atoms with Crippen LogP contribution in [0.5, 0.6) is 11.5 Å². The zero-order valence-corrected chi connectivity index (χ0v) is 15.3. The normalized spacial score (nSPS) is 11.8. The molecule has 0 aliphatic heterocycles. The van der Waals surface area contributed by atoms with Crippen LogP contribution in [-0.4, -0.2) is 20.6 Å². The number of phenolic OH excluding ortho intramolecular Hbond substituents is 1. The Morgan fingerprint density at radius 2 is 1.92 bits per heavy atom. The maximum absolute atomic E-state index is 12.6. The van der Waals surface area contributed by atoms with Crippen molar-refractivity contribution in [3.05, 3.63) is 56.9 Å². The second-order valence-corrected chi connectivity index (χ2v) is 7.75. The van der Waals surface area contributed by atoms with Gasteiger partial charge in [-0.05, 0) is 42.8 Å². The lowest BCUT2D eigenvalue weighted by molar-refractivity contribution is 0.373.